The molecule has 0 spiro atoms. The van der Waals surface area contributed by atoms with Crippen LogP contribution in [0.25, 0.3) is 21.7 Å². The molecule has 23 heavy (non-hydrogen) atoms. The van der Waals surface area contributed by atoms with Gasteiger partial charge in [-0.15, -0.1) is 0 Å². The molecule has 3 rings (SSSR count). The van der Waals surface area contributed by atoms with Gasteiger partial charge in [0.15, 0.2) is 6.61 Å². The second kappa shape index (κ2) is 6.52. The van der Waals surface area contributed by atoms with Gasteiger partial charge in [-0.1, -0.05) is 25.1 Å². The van der Waals surface area contributed by atoms with Gasteiger partial charge in [0, 0.05) is 11.5 Å². The fourth-order valence-corrected chi connectivity index (χ4v) is 2.35. The third-order valence-corrected chi connectivity index (χ3v) is 3.42. The molecule has 0 unspecified atom stereocenters. The zero-order valence-corrected chi connectivity index (χ0v) is 12.7. The molecule has 0 bridgehead atoms. The molecule has 5 heteroatoms. The minimum absolute atomic E-state index is 0.177. The van der Waals surface area contributed by atoms with Crippen molar-refractivity contribution in [3.05, 3.63) is 52.9 Å². The Morgan fingerprint density at radius 1 is 1.09 bits per heavy atom. The van der Waals surface area contributed by atoms with Gasteiger partial charge < -0.3 is 13.9 Å². The molecule has 0 radical (unpaired) electrons. The molecule has 0 aliphatic rings. The van der Waals surface area contributed by atoms with Crippen molar-refractivity contribution >= 4 is 27.7 Å². The first kappa shape index (κ1) is 15.1. The minimum Gasteiger partial charge on any atom is -0.482 e. The molecule has 0 N–H and O–H groups in total. The van der Waals surface area contributed by atoms with Crippen molar-refractivity contribution < 1.29 is 18.7 Å². The molecular weight excluding hydrogens is 296 g/mol. The van der Waals surface area contributed by atoms with Gasteiger partial charge in [-0.2, -0.15) is 0 Å². The highest BCUT2D eigenvalue weighted by Gasteiger charge is 2.09. The molecule has 1 heterocycles. The number of hydrogen-bond acceptors (Lipinski definition) is 5. The lowest BCUT2D eigenvalue weighted by Gasteiger charge is -2.08. The van der Waals surface area contributed by atoms with E-state index in [9.17, 15) is 9.59 Å². The first-order valence-electron chi connectivity index (χ1n) is 7.43. The van der Waals surface area contributed by atoms with E-state index in [4.69, 9.17) is 13.9 Å². The van der Waals surface area contributed by atoms with Crippen LogP contribution in [0.5, 0.6) is 5.75 Å². The maximum Gasteiger partial charge on any atom is 0.344 e. The normalized spacial score (nSPS) is 10.8. The van der Waals surface area contributed by atoms with Crippen molar-refractivity contribution in [3.8, 4) is 5.75 Å². The molecule has 2 aromatic carbocycles. The largest absolute Gasteiger partial charge is 0.482 e. The standard InChI is InChI=1S/C18H16O5/c1-2-9-21-17(19)11-22-12-7-8-14-13-5-3-4-6-15(13)18(20)23-16(14)10-12/h3-8,10H,2,9,11H2,1H3. The van der Waals surface area contributed by atoms with Crippen LogP contribution in [0.15, 0.2) is 51.7 Å². The molecule has 0 fully saturated rings. The molecule has 118 valence electrons. The summed E-state index contributed by atoms with van der Waals surface area (Å²) in [5.41, 5.74) is 0.0285. The number of rotatable bonds is 5. The Morgan fingerprint density at radius 3 is 2.65 bits per heavy atom. The summed E-state index contributed by atoms with van der Waals surface area (Å²) in [6.45, 7) is 2.12. The molecule has 5 nitrogen and oxygen atoms in total. The fraction of sp³-hybridized carbons (Fsp3) is 0.222. The predicted molar refractivity (Wildman–Crippen MR) is 86.7 cm³/mol. The highest BCUT2D eigenvalue weighted by Crippen LogP contribution is 2.26. The number of carbonyl (C=O) groups is 1. The lowest BCUT2D eigenvalue weighted by atomic mass is 10.1. The molecule has 0 saturated carbocycles. The summed E-state index contributed by atoms with van der Waals surface area (Å²) in [5, 5.41) is 2.19. The van der Waals surface area contributed by atoms with Crippen LogP contribution in [-0.2, 0) is 9.53 Å². The number of ether oxygens (including phenoxy) is 2. The summed E-state index contributed by atoms with van der Waals surface area (Å²) in [6, 6.07) is 12.4. The van der Waals surface area contributed by atoms with Crippen LogP contribution in [0, 0.1) is 0 Å². The fourth-order valence-electron chi connectivity index (χ4n) is 2.35. The van der Waals surface area contributed by atoms with Crippen LogP contribution in [-0.4, -0.2) is 19.2 Å². The zero-order valence-electron chi connectivity index (χ0n) is 12.7. The van der Waals surface area contributed by atoms with Crippen LogP contribution in [0.1, 0.15) is 13.3 Å². The van der Waals surface area contributed by atoms with E-state index in [0.717, 1.165) is 17.2 Å². The van der Waals surface area contributed by atoms with Crippen LogP contribution in [0.2, 0.25) is 0 Å². The van der Waals surface area contributed by atoms with Gasteiger partial charge in [-0.3, -0.25) is 0 Å². The van der Waals surface area contributed by atoms with Crippen LogP contribution in [0.4, 0.5) is 0 Å². The summed E-state index contributed by atoms with van der Waals surface area (Å²) in [5.74, 6) is 0.0243. The molecule has 0 aliphatic heterocycles. The summed E-state index contributed by atoms with van der Waals surface area (Å²) < 4.78 is 15.7. The number of carbonyl (C=O) groups excluding carboxylic acids is 1. The lowest BCUT2D eigenvalue weighted by Crippen LogP contribution is -2.15. The molecule has 0 aliphatic carbocycles. The zero-order chi connectivity index (χ0) is 16.2. The number of esters is 1. The third-order valence-electron chi connectivity index (χ3n) is 3.42. The minimum atomic E-state index is -0.424. The smallest absolute Gasteiger partial charge is 0.344 e. The molecular formula is C18H16O5. The lowest BCUT2D eigenvalue weighted by molar-refractivity contribution is -0.146. The first-order valence-corrected chi connectivity index (χ1v) is 7.43. The van der Waals surface area contributed by atoms with Crippen LogP contribution in [0.3, 0.4) is 0 Å². The average Bonchev–Trinajstić information content (AvgIpc) is 2.58. The van der Waals surface area contributed by atoms with Gasteiger partial charge in [0.05, 0.1) is 12.0 Å². The summed E-state index contributed by atoms with van der Waals surface area (Å²) in [4.78, 5) is 23.5. The van der Waals surface area contributed by atoms with E-state index in [1.54, 1.807) is 24.3 Å². The van der Waals surface area contributed by atoms with E-state index < -0.39 is 11.6 Å². The molecule has 0 saturated heterocycles. The second-order valence-corrected chi connectivity index (χ2v) is 5.10. The predicted octanol–water partition coefficient (Wildman–Crippen LogP) is 3.28. The van der Waals surface area contributed by atoms with Crippen molar-refractivity contribution in [1.29, 1.82) is 0 Å². The van der Waals surface area contributed by atoms with Gasteiger partial charge in [0.2, 0.25) is 0 Å². The Bertz CT molecular complexity index is 910. The van der Waals surface area contributed by atoms with E-state index >= 15 is 0 Å². The van der Waals surface area contributed by atoms with Crippen molar-refractivity contribution in [3.63, 3.8) is 0 Å². The molecule has 3 aromatic rings. The summed E-state index contributed by atoms with van der Waals surface area (Å²) >= 11 is 0. The maximum absolute atomic E-state index is 12.0. The summed E-state index contributed by atoms with van der Waals surface area (Å²) in [7, 11) is 0. The Balaban J connectivity index is 1.89. The van der Waals surface area contributed by atoms with E-state index in [1.807, 2.05) is 25.1 Å². The SMILES string of the molecule is CCCOC(=O)COc1ccc2c(c1)oc(=O)c1ccccc12. The van der Waals surface area contributed by atoms with E-state index in [2.05, 4.69) is 0 Å². The molecule has 0 amide bonds. The van der Waals surface area contributed by atoms with E-state index in [0.29, 0.717) is 23.3 Å². The van der Waals surface area contributed by atoms with Crippen molar-refractivity contribution in [2.45, 2.75) is 13.3 Å². The molecule has 0 atom stereocenters. The van der Waals surface area contributed by atoms with Crippen molar-refractivity contribution in [2.24, 2.45) is 0 Å². The van der Waals surface area contributed by atoms with Gasteiger partial charge >= 0.3 is 11.6 Å². The highest BCUT2D eigenvalue weighted by molar-refractivity contribution is 6.04. The number of fused-ring (bicyclic) bond motifs is 3. The van der Waals surface area contributed by atoms with Gasteiger partial charge in [0.1, 0.15) is 11.3 Å². The Kier molecular flexibility index (Phi) is 4.28. The topological polar surface area (TPSA) is 65.7 Å². The van der Waals surface area contributed by atoms with E-state index in [1.165, 1.54) is 0 Å². The molecule has 1 aromatic heterocycles. The maximum atomic E-state index is 12.0. The first-order chi connectivity index (χ1) is 11.2. The number of benzene rings is 2. The van der Waals surface area contributed by atoms with E-state index in [-0.39, 0.29) is 6.61 Å². The van der Waals surface area contributed by atoms with Crippen LogP contribution < -0.4 is 10.4 Å². The third kappa shape index (κ3) is 3.18. The highest BCUT2D eigenvalue weighted by atomic mass is 16.6. The summed E-state index contributed by atoms with van der Waals surface area (Å²) in [6.07, 6.45) is 0.764. The Labute approximate surface area is 132 Å². The van der Waals surface area contributed by atoms with Crippen LogP contribution >= 0.6 is 0 Å². The van der Waals surface area contributed by atoms with Crippen molar-refractivity contribution in [2.75, 3.05) is 13.2 Å². The Morgan fingerprint density at radius 2 is 1.87 bits per heavy atom. The quantitative estimate of drug-likeness (QED) is 0.411. The Hall–Kier alpha value is -2.82. The monoisotopic (exact) mass is 312 g/mol. The van der Waals surface area contributed by atoms with Crippen molar-refractivity contribution in [1.82, 2.24) is 0 Å². The second-order valence-electron chi connectivity index (χ2n) is 5.10. The van der Waals surface area contributed by atoms with Gasteiger partial charge in [0.25, 0.3) is 0 Å². The van der Waals surface area contributed by atoms with Gasteiger partial charge in [-0.05, 0) is 30.0 Å². The van der Waals surface area contributed by atoms with Gasteiger partial charge in [-0.25, -0.2) is 9.59 Å². The number of hydrogen-bond donors (Lipinski definition) is 0. The average molecular weight is 312 g/mol.